The Labute approximate surface area is 161 Å². The zero-order chi connectivity index (χ0) is 18.5. The molecular weight excluding hydrogens is 354 g/mol. The summed E-state index contributed by atoms with van der Waals surface area (Å²) >= 11 is 1.57. The summed E-state index contributed by atoms with van der Waals surface area (Å²) in [7, 11) is 0. The number of carbonyl (C=O) groups is 1. The van der Waals surface area contributed by atoms with Crippen LogP contribution in [0.25, 0.3) is 10.9 Å². The molecule has 4 aromatic rings. The van der Waals surface area contributed by atoms with Gasteiger partial charge in [0.1, 0.15) is 0 Å². The predicted octanol–water partition coefficient (Wildman–Crippen LogP) is 4.44. The molecule has 0 aliphatic heterocycles. The Kier molecular flexibility index (Phi) is 5.12. The van der Waals surface area contributed by atoms with Crippen LogP contribution in [-0.2, 0) is 17.8 Å². The third-order valence-electron chi connectivity index (χ3n) is 4.32. The van der Waals surface area contributed by atoms with Gasteiger partial charge in [0, 0.05) is 34.1 Å². The van der Waals surface area contributed by atoms with Crippen LogP contribution in [0.15, 0.2) is 83.4 Å². The highest BCUT2D eigenvalue weighted by atomic mass is 32.1. The van der Waals surface area contributed by atoms with Crippen LogP contribution in [-0.4, -0.2) is 16.7 Å². The number of rotatable bonds is 6. The molecule has 0 saturated carbocycles. The number of carbonyl (C=O) groups excluding carboxylic acids is 1. The zero-order valence-corrected chi connectivity index (χ0v) is 15.5. The number of hydrazone groups is 1. The molecule has 134 valence electrons. The van der Waals surface area contributed by atoms with Gasteiger partial charge in [-0.2, -0.15) is 5.10 Å². The maximum absolute atomic E-state index is 12.0. The van der Waals surface area contributed by atoms with Crippen LogP contribution < -0.4 is 5.43 Å². The third-order valence-corrected chi connectivity index (χ3v) is 5.20. The van der Waals surface area contributed by atoms with Crippen molar-refractivity contribution in [1.82, 2.24) is 9.99 Å². The van der Waals surface area contributed by atoms with E-state index in [9.17, 15) is 4.79 Å². The molecule has 0 radical (unpaired) electrons. The lowest BCUT2D eigenvalue weighted by Crippen LogP contribution is -2.19. The van der Waals surface area contributed by atoms with Gasteiger partial charge in [-0.15, -0.1) is 11.3 Å². The van der Waals surface area contributed by atoms with Crippen LogP contribution in [0.5, 0.6) is 0 Å². The molecule has 0 spiro atoms. The van der Waals surface area contributed by atoms with Crippen molar-refractivity contribution in [3.8, 4) is 0 Å². The smallest absolute Gasteiger partial charge is 0.245 e. The van der Waals surface area contributed by atoms with Gasteiger partial charge in [0.05, 0.1) is 12.6 Å². The SMILES string of the molecule is O=C(Cc1cccs1)N/N=C\c1cn(Cc2ccccc2)c2ccccc12. The average Bonchev–Trinajstić information content (AvgIpc) is 3.31. The second-order valence-corrected chi connectivity index (χ2v) is 7.30. The number of nitrogens with zero attached hydrogens (tertiary/aromatic N) is 2. The Balaban J connectivity index is 1.52. The summed E-state index contributed by atoms with van der Waals surface area (Å²) in [6.07, 6.45) is 4.15. The second-order valence-electron chi connectivity index (χ2n) is 6.26. The molecule has 4 nitrogen and oxygen atoms in total. The van der Waals surface area contributed by atoms with E-state index in [4.69, 9.17) is 0 Å². The van der Waals surface area contributed by atoms with Crippen molar-refractivity contribution < 1.29 is 4.79 Å². The van der Waals surface area contributed by atoms with Crippen molar-refractivity contribution >= 4 is 34.4 Å². The minimum Gasteiger partial charge on any atom is -0.342 e. The van der Waals surface area contributed by atoms with E-state index in [1.54, 1.807) is 17.6 Å². The molecule has 1 N–H and O–H groups in total. The van der Waals surface area contributed by atoms with Crippen LogP contribution in [0.4, 0.5) is 0 Å². The summed E-state index contributed by atoms with van der Waals surface area (Å²) in [6.45, 7) is 0.792. The van der Waals surface area contributed by atoms with Gasteiger partial charge in [-0.05, 0) is 23.1 Å². The molecule has 2 aromatic carbocycles. The molecule has 0 saturated heterocycles. The first-order chi connectivity index (χ1) is 13.3. The number of nitrogens with one attached hydrogen (secondary N) is 1. The normalized spacial score (nSPS) is 11.3. The Hall–Kier alpha value is -3.18. The van der Waals surface area contributed by atoms with Gasteiger partial charge in [0.2, 0.25) is 5.91 Å². The van der Waals surface area contributed by atoms with E-state index in [1.807, 2.05) is 47.8 Å². The van der Waals surface area contributed by atoms with Crippen molar-refractivity contribution in [2.75, 3.05) is 0 Å². The molecule has 0 unspecified atom stereocenters. The quantitative estimate of drug-likeness (QED) is 0.394. The molecule has 0 aliphatic rings. The molecule has 27 heavy (non-hydrogen) atoms. The lowest BCUT2D eigenvalue weighted by molar-refractivity contribution is -0.120. The summed E-state index contributed by atoms with van der Waals surface area (Å²) < 4.78 is 2.21. The maximum atomic E-state index is 12.0. The van der Waals surface area contributed by atoms with Crippen LogP contribution in [0.1, 0.15) is 16.0 Å². The molecule has 5 heteroatoms. The molecule has 2 aromatic heterocycles. The van der Waals surface area contributed by atoms with Crippen molar-refractivity contribution in [3.63, 3.8) is 0 Å². The number of fused-ring (bicyclic) bond motifs is 1. The Morgan fingerprint density at radius 3 is 2.67 bits per heavy atom. The minimum absolute atomic E-state index is 0.110. The van der Waals surface area contributed by atoms with Crippen molar-refractivity contribution in [2.45, 2.75) is 13.0 Å². The van der Waals surface area contributed by atoms with Gasteiger partial charge in [-0.25, -0.2) is 5.43 Å². The number of thiophene rings is 1. The van der Waals surface area contributed by atoms with E-state index in [0.29, 0.717) is 6.42 Å². The van der Waals surface area contributed by atoms with Crippen LogP contribution in [0.3, 0.4) is 0 Å². The summed E-state index contributed by atoms with van der Waals surface area (Å²) in [5.41, 5.74) is 5.99. The summed E-state index contributed by atoms with van der Waals surface area (Å²) in [6, 6.07) is 22.5. The number of amides is 1. The lowest BCUT2D eigenvalue weighted by Gasteiger charge is -2.05. The van der Waals surface area contributed by atoms with Gasteiger partial charge >= 0.3 is 0 Å². The van der Waals surface area contributed by atoms with Crippen molar-refractivity contribution in [1.29, 1.82) is 0 Å². The van der Waals surface area contributed by atoms with Gasteiger partial charge in [-0.3, -0.25) is 4.79 Å². The molecule has 1 amide bonds. The monoisotopic (exact) mass is 373 g/mol. The van der Waals surface area contributed by atoms with E-state index < -0.39 is 0 Å². The number of aromatic nitrogens is 1. The Morgan fingerprint density at radius 2 is 1.85 bits per heavy atom. The van der Waals surface area contributed by atoms with Gasteiger partial charge in [0.15, 0.2) is 0 Å². The zero-order valence-electron chi connectivity index (χ0n) is 14.7. The van der Waals surface area contributed by atoms with Gasteiger partial charge < -0.3 is 4.57 Å². The molecule has 0 aliphatic carbocycles. The number of hydrogen-bond donors (Lipinski definition) is 1. The van der Waals surface area contributed by atoms with Gasteiger partial charge in [-0.1, -0.05) is 54.6 Å². The number of para-hydroxylation sites is 1. The highest BCUT2D eigenvalue weighted by molar-refractivity contribution is 7.10. The number of hydrogen-bond acceptors (Lipinski definition) is 3. The maximum Gasteiger partial charge on any atom is 0.245 e. The van der Waals surface area contributed by atoms with E-state index >= 15 is 0 Å². The summed E-state index contributed by atoms with van der Waals surface area (Å²) in [5.74, 6) is -0.110. The molecule has 4 rings (SSSR count). The first-order valence-electron chi connectivity index (χ1n) is 8.76. The highest BCUT2D eigenvalue weighted by Crippen LogP contribution is 2.21. The standard InChI is InChI=1S/C22H19N3OS/c26-22(13-19-9-6-12-27-19)24-23-14-18-16-25(15-17-7-2-1-3-8-17)21-11-5-4-10-20(18)21/h1-12,14,16H,13,15H2,(H,24,26)/b23-14-. The largest absolute Gasteiger partial charge is 0.342 e. The fraction of sp³-hybridized carbons (Fsp3) is 0.0909. The van der Waals surface area contributed by atoms with Crippen LogP contribution in [0, 0.1) is 0 Å². The lowest BCUT2D eigenvalue weighted by atomic mass is 10.2. The first-order valence-corrected chi connectivity index (χ1v) is 9.63. The van der Waals surface area contributed by atoms with Crippen molar-refractivity contribution in [3.05, 3.63) is 94.3 Å². The van der Waals surface area contributed by atoms with Crippen molar-refractivity contribution in [2.24, 2.45) is 5.10 Å². The predicted molar refractivity (Wildman–Crippen MR) is 111 cm³/mol. The fourth-order valence-electron chi connectivity index (χ4n) is 3.07. The van der Waals surface area contributed by atoms with Gasteiger partial charge in [0.25, 0.3) is 0 Å². The van der Waals surface area contributed by atoms with E-state index in [0.717, 1.165) is 27.9 Å². The second kappa shape index (κ2) is 8.01. The van der Waals surface area contributed by atoms with E-state index in [1.165, 1.54) is 5.56 Å². The molecule has 0 bridgehead atoms. The fourth-order valence-corrected chi connectivity index (χ4v) is 3.78. The summed E-state index contributed by atoms with van der Waals surface area (Å²) in [4.78, 5) is 13.0. The van der Waals surface area contributed by atoms with Crippen LogP contribution in [0.2, 0.25) is 0 Å². The Bertz CT molecular complexity index is 1070. The minimum atomic E-state index is -0.110. The molecule has 0 atom stereocenters. The first kappa shape index (κ1) is 17.2. The molecular formula is C22H19N3OS. The van der Waals surface area contributed by atoms with E-state index in [2.05, 4.69) is 45.6 Å². The highest BCUT2D eigenvalue weighted by Gasteiger charge is 2.07. The topological polar surface area (TPSA) is 46.4 Å². The molecule has 0 fully saturated rings. The molecule has 2 heterocycles. The number of benzene rings is 2. The Morgan fingerprint density at radius 1 is 1.04 bits per heavy atom. The summed E-state index contributed by atoms with van der Waals surface area (Å²) in [5, 5.41) is 7.24. The average molecular weight is 373 g/mol. The third kappa shape index (κ3) is 4.15. The van der Waals surface area contributed by atoms with Crippen LogP contribution >= 0.6 is 11.3 Å². The van der Waals surface area contributed by atoms with E-state index in [-0.39, 0.29) is 5.91 Å².